The van der Waals surface area contributed by atoms with Crippen molar-refractivity contribution in [3.05, 3.63) is 29.1 Å². The molecule has 2 nitrogen and oxygen atoms in total. The first-order valence-electron chi connectivity index (χ1n) is 5.17. The van der Waals surface area contributed by atoms with E-state index in [1.165, 1.54) is 17.5 Å². The maximum absolute atomic E-state index is 4.50. The van der Waals surface area contributed by atoms with Crippen LogP contribution in [0.2, 0.25) is 0 Å². The topological polar surface area (TPSA) is 28.7 Å². The van der Waals surface area contributed by atoms with Gasteiger partial charge < -0.3 is 4.98 Å². The Morgan fingerprint density at radius 3 is 2.79 bits per heavy atom. The lowest BCUT2D eigenvalue weighted by atomic mass is 10.0. The normalized spacial score (nSPS) is 11.1. The molecule has 0 bridgehead atoms. The maximum Gasteiger partial charge on any atom is 0.104 e. The van der Waals surface area contributed by atoms with Crippen molar-refractivity contribution >= 4 is 11.0 Å². The number of hydrogen-bond donors (Lipinski definition) is 1. The van der Waals surface area contributed by atoms with Gasteiger partial charge in [0.2, 0.25) is 0 Å². The van der Waals surface area contributed by atoms with Crippen molar-refractivity contribution in [2.24, 2.45) is 0 Å². The number of hydrogen-bond acceptors (Lipinski definition) is 1. The van der Waals surface area contributed by atoms with Gasteiger partial charge in [-0.15, -0.1) is 0 Å². The predicted molar refractivity (Wildman–Crippen MR) is 59.6 cm³/mol. The molecule has 2 heteroatoms. The van der Waals surface area contributed by atoms with Gasteiger partial charge in [0.05, 0.1) is 11.0 Å². The van der Waals surface area contributed by atoms with E-state index in [2.05, 4.69) is 35.9 Å². The minimum atomic E-state index is 0.997. The molecular weight excluding hydrogens is 172 g/mol. The van der Waals surface area contributed by atoms with Crippen molar-refractivity contribution in [1.82, 2.24) is 9.97 Å². The summed E-state index contributed by atoms with van der Waals surface area (Å²) in [7, 11) is 0. The second-order valence-electron chi connectivity index (χ2n) is 3.82. The molecular formula is C12H16N2. The average Bonchev–Trinajstić information content (AvgIpc) is 2.52. The molecule has 0 fully saturated rings. The first-order chi connectivity index (χ1) is 6.72. The van der Waals surface area contributed by atoms with Gasteiger partial charge in [-0.1, -0.05) is 19.4 Å². The first kappa shape index (κ1) is 9.25. The van der Waals surface area contributed by atoms with Crippen molar-refractivity contribution in [3.63, 3.8) is 0 Å². The van der Waals surface area contributed by atoms with Gasteiger partial charge >= 0.3 is 0 Å². The van der Waals surface area contributed by atoms with Crippen LogP contribution < -0.4 is 0 Å². The molecule has 74 valence electrons. The Kier molecular flexibility index (Phi) is 2.28. The van der Waals surface area contributed by atoms with Crippen LogP contribution in [0.1, 0.15) is 30.3 Å². The lowest BCUT2D eigenvalue weighted by Crippen LogP contribution is -1.89. The fraction of sp³-hybridized carbons (Fsp3) is 0.417. The van der Waals surface area contributed by atoms with Crippen LogP contribution in [0, 0.1) is 13.8 Å². The van der Waals surface area contributed by atoms with Gasteiger partial charge in [0.25, 0.3) is 0 Å². The van der Waals surface area contributed by atoms with Crippen molar-refractivity contribution in [3.8, 4) is 0 Å². The van der Waals surface area contributed by atoms with Crippen LogP contribution in [0.5, 0.6) is 0 Å². The van der Waals surface area contributed by atoms with Gasteiger partial charge in [-0.2, -0.15) is 0 Å². The average molecular weight is 188 g/mol. The quantitative estimate of drug-likeness (QED) is 0.770. The Morgan fingerprint density at radius 1 is 1.29 bits per heavy atom. The van der Waals surface area contributed by atoms with Crippen LogP contribution in [0.3, 0.4) is 0 Å². The summed E-state index contributed by atoms with van der Waals surface area (Å²) in [6.45, 7) is 6.37. The third-order valence-corrected chi connectivity index (χ3v) is 2.66. The standard InChI is InChI=1S/C12H16N2/c1-4-5-10-6-7-11-12(8(10)2)14-9(3)13-11/h6-7H,4-5H2,1-3H3,(H,13,14). The Hall–Kier alpha value is -1.31. The molecule has 2 aromatic rings. The number of rotatable bonds is 2. The van der Waals surface area contributed by atoms with E-state index in [-0.39, 0.29) is 0 Å². The minimum absolute atomic E-state index is 0.997. The summed E-state index contributed by atoms with van der Waals surface area (Å²) in [6.07, 6.45) is 2.34. The molecule has 14 heavy (non-hydrogen) atoms. The number of fused-ring (bicyclic) bond motifs is 1. The number of nitrogens with one attached hydrogen (secondary N) is 1. The van der Waals surface area contributed by atoms with Gasteiger partial charge in [-0.3, -0.25) is 0 Å². The highest BCUT2D eigenvalue weighted by atomic mass is 14.9. The number of H-pyrrole nitrogens is 1. The molecule has 0 radical (unpaired) electrons. The number of aromatic amines is 1. The summed E-state index contributed by atoms with van der Waals surface area (Å²) in [6, 6.07) is 4.34. The molecule has 0 spiro atoms. The van der Waals surface area contributed by atoms with E-state index < -0.39 is 0 Å². The third-order valence-electron chi connectivity index (χ3n) is 2.66. The largest absolute Gasteiger partial charge is 0.342 e. The zero-order valence-corrected chi connectivity index (χ0v) is 9.02. The number of aromatic nitrogens is 2. The highest BCUT2D eigenvalue weighted by Crippen LogP contribution is 2.20. The van der Waals surface area contributed by atoms with E-state index in [1.54, 1.807) is 0 Å². The Bertz CT molecular complexity index is 455. The van der Waals surface area contributed by atoms with E-state index in [0.717, 1.165) is 23.3 Å². The summed E-state index contributed by atoms with van der Waals surface area (Å²) in [5, 5.41) is 0. The monoisotopic (exact) mass is 188 g/mol. The molecule has 0 saturated heterocycles. The molecule has 1 aromatic heterocycles. The van der Waals surface area contributed by atoms with E-state index in [9.17, 15) is 0 Å². The third kappa shape index (κ3) is 1.41. The first-order valence-corrected chi connectivity index (χ1v) is 5.17. The van der Waals surface area contributed by atoms with Crippen molar-refractivity contribution in [2.75, 3.05) is 0 Å². The second kappa shape index (κ2) is 3.45. The molecule has 1 heterocycles. The summed E-state index contributed by atoms with van der Waals surface area (Å²) in [5.74, 6) is 0.997. The van der Waals surface area contributed by atoms with Gasteiger partial charge in [0, 0.05) is 0 Å². The minimum Gasteiger partial charge on any atom is -0.342 e. The smallest absolute Gasteiger partial charge is 0.104 e. The van der Waals surface area contributed by atoms with Crippen molar-refractivity contribution in [2.45, 2.75) is 33.6 Å². The zero-order valence-electron chi connectivity index (χ0n) is 9.02. The SMILES string of the molecule is CCCc1ccc2[nH]c(C)nc2c1C. The number of benzene rings is 1. The predicted octanol–water partition coefficient (Wildman–Crippen LogP) is 3.13. The fourth-order valence-corrected chi connectivity index (χ4v) is 1.92. The number of imidazole rings is 1. The highest BCUT2D eigenvalue weighted by Gasteiger charge is 2.05. The number of aryl methyl sites for hydroxylation is 3. The second-order valence-corrected chi connectivity index (χ2v) is 3.82. The molecule has 0 aliphatic carbocycles. The molecule has 0 aliphatic heterocycles. The Labute approximate surface area is 84.4 Å². The fourth-order valence-electron chi connectivity index (χ4n) is 1.92. The van der Waals surface area contributed by atoms with Gasteiger partial charge in [-0.05, 0) is 37.5 Å². The summed E-state index contributed by atoms with van der Waals surface area (Å²) >= 11 is 0. The Balaban J connectivity index is 2.61. The van der Waals surface area contributed by atoms with E-state index >= 15 is 0 Å². The molecule has 1 aromatic carbocycles. The lowest BCUT2D eigenvalue weighted by molar-refractivity contribution is 0.915. The molecule has 2 rings (SSSR count). The molecule has 0 aliphatic rings. The maximum atomic E-state index is 4.50. The van der Waals surface area contributed by atoms with Gasteiger partial charge in [-0.25, -0.2) is 4.98 Å². The van der Waals surface area contributed by atoms with Gasteiger partial charge in [0.15, 0.2) is 0 Å². The molecule has 0 amide bonds. The van der Waals surface area contributed by atoms with Crippen LogP contribution in [0.25, 0.3) is 11.0 Å². The van der Waals surface area contributed by atoms with Crippen LogP contribution in [0.4, 0.5) is 0 Å². The van der Waals surface area contributed by atoms with Crippen molar-refractivity contribution in [1.29, 1.82) is 0 Å². The molecule has 0 saturated carbocycles. The Morgan fingerprint density at radius 2 is 2.07 bits per heavy atom. The van der Waals surface area contributed by atoms with Crippen molar-refractivity contribution < 1.29 is 0 Å². The lowest BCUT2D eigenvalue weighted by Gasteiger charge is -2.03. The van der Waals surface area contributed by atoms with Crippen LogP contribution in [0.15, 0.2) is 12.1 Å². The van der Waals surface area contributed by atoms with Crippen LogP contribution >= 0.6 is 0 Å². The zero-order chi connectivity index (χ0) is 10.1. The molecule has 0 atom stereocenters. The van der Waals surface area contributed by atoms with E-state index in [4.69, 9.17) is 0 Å². The van der Waals surface area contributed by atoms with Gasteiger partial charge in [0.1, 0.15) is 5.82 Å². The van der Waals surface area contributed by atoms with Crippen LogP contribution in [-0.2, 0) is 6.42 Å². The highest BCUT2D eigenvalue weighted by molar-refractivity contribution is 5.79. The van der Waals surface area contributed by atoms with E-state index in [1.807, 2.05) is 6.92 Å². The summed E-state index contributed by atoms with van der Waals surface area (Å²) in [4.78, 5) is 7.76. The van der Waals surface area contributed by atoms with Crippen LogP contribution in [-0.4, -0.2) is 9.97 Å². The molecule has 1 N–H and O–H groups in total. The van der Waals surface area contributed by atoms with E-state index in [0.29, 0.717) is 0 Å². The summed E-state index contributed by atoms with van der Waals surface area (Å²) in [5.41, 5.74) is 5.04. The number of nitrogens with zero attached hydrogens (tertiary/aromatic N) is 1. The summed E-state index contributed by atoms with van der Waals surface area (Å²) < 4.78 is 0. The molecule has 0 unspecified atom stereocenters.